The number of amides is 1. The summed E-state index contributed by atoms with van der Waals surface area (Å²) in [4.78, 5) is 17.5. The van der Waals surface area contributed by atoms with Crippen LogP contribution in [0.2, 0.25) is 0 Å². The normalized spacial score (nSPS) is 17.9. The third kappa shape index (κ3) is 3.64. The van der Waals surface area contributed by atoms with E-state index in [-0.39, 0.29) is 11.9 Å². The molecule has 0 saturated carbocycles. The van der Waals surface area contributed by atoms with Crippen molar-refractivity contribution in [3.63, 3.8) is 0 Å². The smallest absolute Gasteiger partial charge is 0.272 e. The molecule has 1 fully saturated rings. The number of nitrogens with zero attached hydrogens (tertiary/aromatic N) is 3. The molecule has 1 amide bonds. The van der Waals surface area contributed by atoms with E-state index in [1.165, 1.54) is 5.56 Å². The molecule has 2 heterocycles. The second kappa shape index (κ2) is 7.37. The molecule has 1 N–H and O–H groups in total. The first-order valence-corrected chi connectivity index (χ1v) is 9.29. The van der Waals surface area contributed by atoms with Gasteiger partial charge in [0.25, 0.3) is 5.91 Å². The monoisotopic (exact) mass is 360 g/mol. The van der Waals surface area contributed by atoms with Crippen molar-refractivity contribution in [3.05, 3.63) is 77.5 Å². The van der Waals surface area contributed by atoms with Crippen molar-refractivity contribution in [1.82, 2.24) is 20.0 Å². The van der Waals surface area contributed by atoms with E-state index in [9.17, 15) is 4.79 Å². The second-order valence-electron chi connectivity index (χ2n) is 7.22. The van der Waals surface area contributed by atoms with E-state index < -0.39 is 0 Å². The lowest BCUT2D eigenvalue weighted by Gasteiger charge is -2.40. The molecule has 0 aliphatic carbocycles. The van der Waals surface area contributed by atoms with Gasteiger partial charge in [-0.15, -0.1) is 0 Å². The molecule has 5 nitrogen and oxygen atoms in total. The van der Waals surface area contributed by atoms with Gasteiger partial charge in [-0.1, -0.05) is 60.2 Å². The number of aromatic nitrogens is 2. The Kier molecular flexibility index (Phi) is 4.77. The maximum atomic E-state index is 13.2. The molecular formula is C22H24N4O. The average Bonchev–Trinajstić information content (AvgIpc) is 3.19. The Morgan fingerprint density at radius 1 is 1.07 bits per heavy atom. The van der Waals surface area contributed by atoms with Crippen LogP contribution in [-0.4, -0.2) is 52.6 Å². The summed E-state index contributed by atoms with van der Waals surface area (Å²) in [5, 5.41) is 7.31. The molecule has 2 aromatic carbocycles. The van der Waals surface area contributed by atoms with Crippen molar-refractivity contribution in [3.8, 4) is 11.3 Å². The quantitative estimate of drug-likeness (QED) is 0.778. The molecule has 1 saturated heterocycles. The standard InChI is InChI=1S/C22H24N4O/c1-16-8-10-17(11-9-16)19-14-20(24-23-19)22(27)26-13-12-25(2)15-21(26)18-6-4-3-5-7-18/h3-11,14,21H,12-13,15H2,1-2H3,(H,23,24)/t21-/m0/s1. The molecule has 1 atom stereocenters. The number of hydrogen-bond donors (Lipinski definition) is 1. The van der Waals surface area contributed by atoms with Crippen LogP contribution in [0.3, 0.4) is 0 Å². The van der Waals surface area contributed by atoms with Gasteiger partial charge >= 0.3 is 0 Å². The summed E-state index contributed by atoms with van der Waals surface area (Å²) in [5.41, 5.74) is 4.71. The average molecular weight is 360 g/mol. The zero-order chi connectivity index (χ0) is 18.8. The Balaban J connectivity index is 1.60. The Labute approximate surface area is 159 Å². The predicted molar refractivity (Wildman–Crippen MR) is 106 cm³/mol. The van der Waals surface area contributed by atoms with Crippen molar-refractivity contribution in [2.45, 2.75) is 13.0 Å². The maximum Gasteiger partial charge on any atom is 0.272 e. The Morgan fingerprint density at radius 3 is 2.56 bits per heavy atom. The largest absolute Gasteiger partial charge is 0.328 e. The van der Waals surface area contributed by atoms with Crippen LogP contribution in [0.1, 0.15) is 27.7 Å². The molecule has 5 heteroatoms. The van der Waals surface area contributed by atoms with Gasteiger partial charge in [0.1, 0.15) is 5.69 Å². The highest BCUT2D eigenvalue weighted by Gasteiger charge is 2.31. The molecule has 1 aromatic heterocycles. The lowest BCUT2D eigenvalue weighted by Crippen LogP contribution is -2.49. The zero-order valence-electron chi connectivity index (χ0n) is 15.7. The van der Waals surface area contributed by atoms with E-state index in [0.717, 1.165) is 29.9 Å². The summed E-state index contributed by atoms with van der Waals surface area (Å²) in [6.07, 6.45) is 0. The Morgan fingerprint density at radius 2 is 1.81 bits per heavy atom. The number of carbonyl (C=O) groups excluding carboxylic acids is 1. The number of piperazine rings is 1. The number of hydrogen-bond acceptors (Lipinski definition) is 3. The van der Waals surface area contributed by atoms with Crippen LogP contribution in [0.25, 0.3) is 11.3 Å². The zero-order valence-corrected chi connectivity index (χ0v) is 15.7. The fraction of sp³-hybridized carbons (Fsp3) is 0.273. The van der Waals surface area contributed by atoms with Gasteiger partial charge < -0.3 is 9.80 Å². The third-order valence-corrected chi connectivity index (χ3v) is 5.18. The fourth-order valence-electron chi connectivity index (χ4n) is 3.58. The number of carbonyl (C=O) groups is 1. The summed E-state index contributed by atoms with van der Waals surface area (Å²) in [5.74, 6) is 0.00261. The van der Waals surface area contributed by atoms with Crippen molar-refractivity contribution >= 4 is 5.91 Å². The van der Waals surface area contributed by atoms with E-state index in [2.05, 4.69) is 53.3 Å². The molecule has 4 rings (SSSR count). The lowest BCUT2D eigenvalue weighted by molar-refractivity contribution is 0.0492. The van der Waals surface area contributed by atoms with Crippen LogP contribution < -0.4 is 0 Å². The van der Waals surface area contributed by atoms with Gasteiger partial charge in [0.15, 0.2) is 0 Å². The van der Waals surface area contributed by atoms with Crippen LogP contribution in [0.5, 0.6) is 0 Å². The molecule has 138 valence electrons. The first-order valence-electron chi connectivity index (χ1n) is 9.29. The second-order valence-corrected chi connectivity index (χ2v) is 7.22. The molecule has 0 radical (unpaired) electrons. The van der Waals surface area contributed by atoms with E-state index in [4.69, 9.17) is 0 Å². The molecular weight excluding hydrogens is 336 g/mol. The minimum Gasteiger partial charge on any atom is -0.328 e. The van der Waals surface area contributed by atoms with Gasteiger partial charge in [0.05, 0.1) is 11.7 Å². The summed E-state index contributed by atoms with van der Waals surface area (Å²) in [7, 11) is 2.10. The van der Waals surface area contributed by atoms with Crippen LogP contribution in [0.4, 0.5) is 0 Å². The first-order chi connectivity index (χ1) is 13.1. The van der Waals surface area contributed by atoms with Crippen molar-refractivity contribution in [1.29, 1.82) is 0 Å². The highest BCUT2D eigenvalue weighted by atomic mass is 16.2. The highest BCUT2D eigenvalue weighted by Crippen LogP contribution is 2.27. The molecule has 1 aliphatic heterocycles. The topological polar surface area (TPSA) is 52.2 Å². The lowest BCUT2D eigenvalue weighted by atomic mass is 10.0. The number of likely N-dealkylation sites (N-methyl/N-ethyl adjacent to an activating group) is 1. The van der Waals surface area contributed by atoms with Gasteiger partial charge in [-0.25, -0.2) is 0 Å². The summed E-state index contributed by atoms with van der Waals surface area (Å²) < 4.78 is 0. The first kappa shape index (κ1) is 17.5. The Hall–Kier alpha value is -2.92. The molecule has 0 unspecified atom stereocenters. The predicted octanol–water partition coefficient (Wildman–Crippen LogP) is 3.51. The minimum absolute atomic E-state index is 0.00261. The third-order valence-electron chi connectivity index (χ3n) is 5.18. The molecule has 0 bridgehead atoms. The van der Waals surface area contributed by atoms with Crippen LogP contribution in [0, 0.1) is 6.92 Å². The molecule has 27 heavy (non-hydrogen) atoms. The summed E-state index contributed by atoms with van der Waals surface area (Å²) in [6.45, 7) is 4.46. The van der Waals surface area contributed by atoms with E-state index in [1.807, 2.05) is 41.3 Å². The van der Waals surface area contributed by atoms with Crippen molar-refractivity contribution < 1.29 is 4.79 Å². The minimum atomic E-state index is 0.00261. The number of H-pyrrole nitrogens is 1. The number of benzene rings is 2. The molecule has 1 aliphatic rings. The molecule has 0 spiro atoms. The summed E-state index contributed by atoms with van der Waals surface area (Å²) >= 11 is 0. The number of rotatable bonds is 3. The fourth-order valence-corrected chi connectivity index (χ4v) is 3.58. The van der Waals surface area contributed by atoms with Gasteiger partial charge in [0, 0.05) is 25.2 Å². The van der Waals surface area contributed by atoms with Gasteiger partial charge in [-0.2, -0.15) is 5.10 Å². The van der Waals surface area contributed by atoms with E-state index in [0.29, 0.717) is 12.2 Å². The number of aryl methyl sites for hydroxylation is 1. The van der Waals surface area contributed by atoms with Crippen LogP contribution in [-0.2, 0) is 0 Å². The number of aromatic amines is 1. The van der Waals surface area contributed by atoms with Gasteiger partial charge in [0.2, 0.25) is 0 Å². The van der Waals surface area contributed by atoms with E-state index >= 15 is 0 Å². The van der Waals surface area contributed by atoms with Gasteiger partial charge in [-0.3, -0.25) is 9.89 Å². The Bertz CT molecular complexity index is 917. The van der Waals surface area contributed by atoms with Crippen LogP contribution in [0.15, 0.2) is 60.7 Å². The number of nitrogens with one attached hydrogen (secondary N) is 1. The van der Waals surface area contributed by atoms with Crippen molar-refractivity contribution in [2.24, 2.45) is 0 Å². The van der Waals surface area contributed by atoms with E-state index in [1.54, 1.807) is 0 Å². The summed E-state index contributed by atoms with van der Waals surface area (Å²) in [6, 6.07) is 20.3. The molecule has 3 aromatic rings. The SMILES string of the molecule is Cc1ccc(-c2cc(C(=O)N3CCN(C)C[C@H]3c3ccccc3)[nH]n2)cc1. The van der Waals surface area contributed by atoms with Crippen LogP contribution >= 0.6 is 0 Å². The highest BCUT2D eigenvalue weighted by molar-refractivity contribution is 5.93. The van der Waals surface area contributed by atoms with Crippen molar-refractivity contribution in [2.75, 3.05) is 26.7 Å². The van der Waals surface area contributed by atoms with Gasteiger partial charge in [-0.05, 0) is 25.6 Å². The maximum absolute atomic E-state index is 13.2.